The van der Waals surface area contributed by atoms with Gasteiger partial charge >= 0.3 is 11.9 Å². The van der Waals surface area contributed by atoms with Crippen LogP contribution in [0.1, 0.15) is 65.8 Å². The third kappa shape index (κ3) is 5.18. The van der Waals surface area contributed by atoms with Crippen LogP contribution in [0, 0.1) is 17.6 Å². The molecule has 0 saturated heterocycles. The molecule has 0 spiro atoms. The van der Waals surface area contributed by atoms with E-state index in [2.05, 4.69) is 20.4 Å². The number of halogens is 3. The molecule has 204 valence electrons. The number of carboxylic acid groups (broad SMARTS) is 1. The molecule has 1 saturated carbocycles. The highest BCUT2D eigenvalue weighted by Crippen LogP contribution is 2.43. The molecule has 0 amide bonds. The minimum absolute atomic E-state index is 0.0981. The number of benzene rings is 1. The Balaban J connectivity index is 1.56. The van der Waals surface area contributed by atoms with Gasteiger partial charge in [-0.25, -0.2) is 23.4 Å². The van der Waals surface area contributed by atoms with Gasteiger partial charge in [-0.05, 0) is 50.7 Å². The minimum Gasteiger partial charge on any atom is -0.477 e. The van der Waals surface area contributed by atoms with Crippen LogP contribution in [0.3, 0.4) is 0 Å². The molecular weight excluding hydrogens is 552 g/mol. The summed E-state index contributed by atoms with van der Waals surface area (Å²) in [6.45, 7) is 1.77. The molecule has 1 fully saturated rings. The van der Waals surface area contributed by atoms with Crippen LogP contribution in [0.4, 0.5) is 8.78 Å². The number of hydrogen-bond acceptors (Lipinski definition) is 8. The molecule has 0 bridgehead atoms. The summed E-state index contributed by atoms with van der Waals surface area (Å²) in [7, 11) is 0. The van der Waals surface area contributed by atoms with E-state index in [1.54, 1.807) is 18.5 Å². The van der Waals surface area contributed by atoms with Gasteiger partial charge in [0, 0.05) is 29.0 Å². The molecule has 3 aromatic rings. The van der Waals surface area contributed by atoms with E-state index in [1.165, 1.54) is 34.3 Å². The van der Waals surface area contributed by atoms with Gasteiger partial charge in [-0.2, -0.15) is 5.10 Å². The number of nitrogens with one attached hydrogen (secondary N) is 1. The van der Waals surface area contributed by atoms with Gasteiger partial charge in [0.05, 0.1) is 23.2 Å². The maximum atomic E-state index is 14.5. The van der Waals surface area contributed by atoms with Crippen molar-refractivity contribution in [2.45, 2.75) is 44.7 Å². The number of amidine groups is 1. The minimum atomic E-state index is -1.22. The summed E-state index contributed by atoms with van der Waals surface area (Å²) >= 11 is 7.58. The van der Waals surface area contributed by atoms with E-state index in [0.717, 1.165) is 6.07 Å². The molecule has 39 heavy (non-hydrogen) atoms. The number of nitrogens with zero attached hydrogens (tertiary/aromatic N) is 4. The number of aromatic carboxylic acids is 1. The molecule has 5 rings (SSSR count). The van der Waals surface area contributed by atoms with E-state index < -0.39 is 34.6 Å². The van der Waals surface area contributed by atoms with Crippen molar-refractivity contribution in [3.05, 3.63) is 80.2 Å². The highest BCUT2D eigenvalue weighted by molar-refractivity contribution is 7.11. The summed E-state index contributed by atoms with van der Waals surface area (Å²) in [4.78, 5) is 34.0. The molecule has 2 aliphatic rings. The lowest BCUT2D eigenvalue weighted by atomic mass is 9.80. The maximum Gasteiger partial charge on any atom is 0.354 e. The summed E-state index contributed by atoms with van der Waals surface area (Å²) in [5.74, 6) is -3.82. The zero-order valence-corrected chi connectivity index (χ0v) is 22.3. The van der Waals surface area contributed by atoms with E-state index in [-0.39, 0.29) is 35.4 Å². The van der Waals surface area contributed by atoms with Gasteiger partial charge in [-0.3, -0.25) is 9.67 Å². The van der Waals surface area contributed by atoms with Crippen molar-refractivity contribution in [1.29, 1.82) is 0 Å². The molecule has 9 nitrogen and oxygen atoms in total. The number of hydrogen-bond donors (Lipinski definition) is 2. The fourth-order valence-electron chi connectivity index (χ4n) is 5.13. The van der Waals surface area contributed by atoms with E-state index in [4.69, 9.17) is 16.3 Å². The van der Waals surface area contributed by atoms with Crippen LogP contribution >= 0.6 is 22.9 Å². The lowest BCUT2D eigenvalue weighted by Gasteiger charge is -2.35. The Morgan fingerprint density at radius 1 is 1.21 bits per heavy atom. The largest absolute Gasteiger partial charge is 0.477 e. The quantitative estimate of drug-likeness (QED) is 0.289. The van der Waals surface area contributed by atoms with Crippen LogP contribution in [0.2, 0.25) is 5.02 Å². The highest BCUT2D eigenvalue weighted by atomic mass is 35.5. The van der Waals surface area contributed by atoms with E-state index in [9.17, 15) is 23.5 Å². The molecular formula is C26H24ClF2N5O4S. The summed E-state index contributed by atoms with van der Waals surface area (Å²) in [6.07, 6.45) is 5.48. The Hall–Kier alpha value is -3.64. The Morgan fingerprint density at radius 3 is 2.64 bits per heavy atom. The second-order valence-corrected chi connectivity index (χ2v) is 10.4. The third-order valence-electron chi connectivity index (χ3n) is 6.90. The summed E-state index contributed by atoms with van der Waals surface area (Å²) in [6, 6.07) is 2.55. The van der Waals surface area contributed by atoms with Crippen molar-refractivity contribution in [3.8, 4) is 0 Å². The number of allylic oxidation sites excluding steroid dienone is 1. The molecule has 1 atom stereocenters. The number of carboxylic acids is 1. The standard InChI is InChI=1S/C26H24ClF2N5O4S/c1-2-38-26(37)18-21(13-3-5-14(6-4-13)34-17(25(35)36)9-10-31-34)32-23(24-30-11-12-39-24)33-22(18)15-7-8-16(28)20(29)19(15)27/h7-14,22H,2-6H2,1H3,(H,32,33)(H,35,36)/t13-,14+,22?. The zero-order chi connectivity index (χ0) is 27.7. The zero-order valence-electron chi connectivity index (χ0n) is 20.7. The summed E-state index contributed by atoms with van der Waals surface area (Å²) in [5.41, 5.74) is 0.963. The predicted octanol–water partition coefficient (Wildman–Crippen LogP) is 5.31. The summed E-state index contributed by atoms with van der Waals surface area (Å²) < 4.78 is 35.4. The first-order chi connectivity index (χ1) is 18.8. The molecule has 2 aromatic heterocycles. The fraction of sp³-hybridized carbons (Fsp3) is 0.346. The first-order valence-corrected chi connectivity index (χ1v) is 13.6. The average molecular weight is 576 g/mol. The molecule has 0 radical (unpaired) electrons. The van der Waals surface area contributed by atoms with Crippen LogP contribution in [0.25, 0.3) is 0 Å². The van der Waals surface area contributed by atoms with Crippen LogP contribution in [0.5, 0.6) is 0 Å². The van der Waals surface area contributed by atoms with Crippen molar-refractivity contribution < 1.29 is 28.2 Å². The predicted molar refractivity (Wildman–Crippen MR) is 140 cm³/mol. The normalized spacial score (nSPS) is 21.3. The number of rotatable bonds is 7. The van der Waals surface area contributed by atoms with Gasteiger partial charge in [0.15, 0.2) is 22.5 Å². The van der Waals surface area contributed by atoms with Gasteiger partial charge in [-0.15, -0.1) is 11.3 Å². The smallest absolute Gasteiger partial charge is 0.354 e. The van der Waals surface area contributed by atoms with E-state index >= 15 is 0 Å². The Morgan fingerprint density at radius 2 is 1.97 bits per heavy atom. The Kier molecular flexibility index (Phi) is 7.76. The van der Waals surface area contributed by atoms with E-state index in [1.807, 2.05) is 0 Å². The monoisotopic (exact) mass is 575 g/mol. The number of thiazole rings is 1. The van der Waals surface area contributed by atoms with Crippen molar-refractivity contribution in [1.82, 2.24) is 20.1 Å². The topological polar surface area (TPSA) is 119 Å². The van der Waals surface area contributed by atoms with Crippen LogP contribution in [0.15, 0.2) is 52.2 Å². The number of esters is 1. The molecule has 2 N–H and O–H groups in total. The lowest BCUT2D eigenvalue weighted by Crippen LogP contribution is -2.38. The average Bonchev–Trinajstić information content (AvgIpc) is 3.65. The molecule has 1 aliphatic carbocycles. The lowest BCUT2D eigenvalue weighted by molar-refractivity contribution is -0.139. The number of aromatic nitrogens is 3. The van der Waals surface area contributed by atoms with Gasteiger partial charge in [-0.1, -0.05) is 17.7 Å². The summed E-state index contributed by atoms with van der Waals surface area (Å²) in [5, 5.41) is 18.9. The van der Waals surface area contributed by atoms with Crippen LogP contribution in [-0.4, -0.2) is 44.3 Å². The first kappa shape index (κ1) is 26.9. The van der Waals surface area contributed by atoms with Gasteiger partial charge in [0.2, 0.25) is 0 Å². The number of ether oxygens (including phenoxy) is 1. The maximum absolute atomic E-state index is 14.5. The SMILES string of the molecule is CCOC(=O)C1=C([C@H]2CC[C@@H](n3nccc3C(=O)O)CC2)NC(c2nccs2)=NC1c1ccc(F)c(F)c1Cl. The fourth-order valence-corrected chi connectivity index (χ4v) is 5.97. The molecule has 1 aliphatic heterocycles. The molecule has 1 unspecified atom stereocenters. The number of carbonyl (C=O) groups is 2. The Bertz CT molecular complexity index is 1460. The van der Waals surface area contributed by atoms with Crippen molar-refractivity contribution in [2.24, 2.45) is 10.9 Å². The third-order valence-corrected chi connectivity index (χ3v) is 8.07. The van der Waals surface area contributed by atoms with Crippen molar-refractivity contribution in [2.75, 3.05) is 6.61 Å². The van der Waals surface area contributed by atoms with Crippen molar-refractivity contribution >= 4 is 40.7 Å². The van der Waals surface area contributed by atoms with Crippen LogP contribution < -0.4 is 5.32 Å². The van der Waals surface area contributed by atoms with Crippen LogP contribution in [-0.2, 0) is 9.53 Å². The van der Waals surface area contributed by atoms with Crippen molar-refractivity contribution in [3.63, 3.8) is 0 Å². The molecule has 3 heterocycles. The van der Waals surface area contributed by atoms with E-state index in [0.29, 0.717) is 42.2 Å². The molecule has 1 aromatic carbocycles. The Labute approximate surface area is 231 Å². The van der Waals surface area contributed by atoms with Gasteiger partial charge in [0.1, 0.15) is 11.7 Å². The molecule has 13 heteroatoms. The second-order valence-electron chi connectivity index (χ2n) is 9.13. The van der Waals surface area contributed by atoms with Gasteiger partial charge < -0.3 is 15.2 Å². The highest BCUT2D eigenvalue weighted by Gasteiger charge is 2.39. The first-order valence-electron chi connectivity index (χ1n) is 12.4. The van der Waals surface area contributed by atoms with Gasteiger partial charge in [0.25, 0.3) is 0 Å². The number of aliphatic imine (C=N–C) groups is 1. The second kappa shape index (κ2) is 11.2. The number of carbonyl (C=O) groups excluding carboxylic acids is 1.